The second-order valence-electron chi connectivity index (χ2n) is 6.69. The molecule has 0 amide bonds. The van der Waals surface area contributed by atoms with Crippen molar-refractivity contribution < 1.29 is 8.81 Å². The fraction of sp³-hybridized carbons (Fsp3) is 0.474. The number of benzene rings is 1. The number of furan rings is 1. The predicted molar refractivity (Wildman–Crippen MR) is 88.7 cm³/mol. The van der Waals surface area contributed by atoms with E-state index in [0.29, 0.717) is 12.5 Å². The van der Waals surface area contributed by atoms with Crippen LogP contribution in [0, 0.1) is 12.7 Å². The Labute approximate surface area is 132 Å². The number of halogens is 1. The summed E-state index contributed by atoms with van der Waals surface area (Å²) in [7, 11) is 0. The molecule has 1 aromatic heterocycles. The van der Waals surface area contributed by atoms with Crippen LogP contribution in [-0.4, -0.2) is 12.6 Å². The van der Waals surface area contributed by atoms with Gasteiger partial charge in [0.15, 0.2) is 0 Å². The first kappa shape index (κ1) is 16.8. The van der Waals surface area contributed by atoms with Gasteiger partial charge in [0, 0.05) is 11.5 Å². The molecular weight excluding hydrogens is 277 g/mol. The first-order valence-electron chi connectivity index (χ1n) is 7.92. The van der Waals surface area contributed by atoms with Crippen LogP contribution in [0.3, 0.4) is 0 Å². The molecule has 120 valence electrons. The monoisotopic (exact) mass is 303 g/mol. The summed E-state index contributed by atoms with van der Waals surface area (Å²) in [5.74, 6) is 1.85. The lowest BCUT2D eigenvalue weighted by molar-refractivity contribution is 0.320. The number of hydrogen-bond acceptors (Lipinski definition) is 2. The van der Waals surface area contributed by atoms with Crippen LogP contribution in [0.5, 0.6) is 0 Å². The van der Waals surface area contributed by atoms with Crippen LogP contribution in [0.15, 0.2) is 40.8 Å². The smallest absolute Gasteiger partial charge is 0.126 e. The molecule has 3 heteroatoms. The van der Waals surface area contributed by atoms with Gasteiger partial charge in [0.25, 0.3) is 0 Å². The maximum Gasteiger partial charge on any atom is 0.126 e. The Morgan fingerprint density at radius 3 is 2.55 bits per heavy atom. The first-order chi connectivity index (χ1) is 10.4. The Balaban J connectivity index is 1.83. The molecule has 0 bridgehead atoms. The van der Waals surface area contributed by atoms with Gasteiger partial charge >= 0.3 is 0 Å². The highest BCUT2D eigenvalue weighted by molar-refractivity contribution is 5.18. The van der Waals surface area contributed by atoms with E-state index in [9.17, 15) is 4.39 Å². The number of nitrogens with one attached hydrogen (secondary N) is 1. The zero-order valence-corrected chi connectivity index (χ0v) is 13.9. The van der Waals surface area contributed by atoms with E-state index in [1.807, 2.05) is 25.1 Å². The molecule has 1 N–H and O–H groups in total. The fourth-order valence-electron chi connectivity index (χ4n) is 2.89. The molecule has 2 aromatic rings. The topological polar surface area (TPSA) is 25.2 Å². The third-order valence-corrected chi connectivity index (χ3v) is 4.07. The van der Waals surface area contributed by atoms with Gasteiger partial charge in [-0.3, -0.25) is 0 Å². The molecule has 0 spiro atoms. The fourth-order valence-corrected chi connectivity index (χ4v) is 2.89. The molecule has 0 unspecified atom stereocenters. The van der Waals surface area contributed by atoms with E-state index in [1.165, 1.54) is 6.07 Å². The summed E-state index contributed by atoms with van der Waals surface area (Å²) < 4.78 is 19.3. The second kappa shape index (κ2) is 7.10. The minimum Gasteiger partial charge on any atom is -0.466 e. The summed E-state index contributed by atoms with van der Waals surface area (Å²) >= 11 is 0. The third kappa shape index (κ3) is 4.44. The molecule has 2 nitrogen and oxygen atoms in total. The highest BCUT2D eigenvalue weighted by atomic mass is 19.1. The Hall–Kier alpha value is -1.61. The first-order valence-corrected chi connectivity index (χ1v) is 7.92. The summed E-state index contributed by atoms with van der Waals surface area (Å²) in [6.45, 7) is 9.30. The minimum absolute atomic E-state index is 0.0152. The number of aryl methyl sites for hydroxylation is 1. The average Bonchev–Trinajstić information content (AvgIpc) is 2.88. The number of hydrogen-bond donors (Lipinski definition) is 1. The maximum absolute atomic E-state index is 13.6. The van der Waals surface area contributed by atoms with Crippen molar-refractivity contribution in [1.29, 1.82) is 0 Å². The van der Waals surface area contributed by atoms with Crippen molar-refractivity contribution >= 4 is 0 Å². The third-order valence-electron chi connectivity index (χ3n) is 4.07. The van der Waals surface area contributed by atoms with Gasteiger partial charge in [-0.1, -0.05) is 32.0 Å². The van der Waals surface area contributed by atoms with E-state index in [1.54, 1.807) is 6.07 Å². The minimum atomic E-state index is -0.122. The van der Waals surface area contributed by atoms with E-state index in [4.69, 9.17) is 4.42 Å². The molecule has 1 heterocycles. The van der Waals surface area contributed by atoms with Crippen LogP contribution in [-0.2, 0) is 11.8 Å². The lowest BCUT2D eigenvalue weighted by Crippen LogP contribution is -2.34. The van der Waals surface area contributed by atoms with Crippen molar-refractivity contribution in [3.63, 3.8) is 0 Å². The van der Waals surface area contributed by atoms with E-state index in [-0.39, 0.29) is 11.2 Å². The maximum atomic E-state index is 13.6. The average molecular weight is 303 g/mol. The molecule has 0 fully saturated rings. The standard InChI is InChI=1S/C19H26FNO/c1-14(13-19(3,4)18-10-9-15(2)22-18)21-12-11-16-7-5-6-8-17(16)20/h5-10,14,21H,11-13H2,1-4H3/t14-/m1/s1. The molecule has 0 aliphatic carbocycles. The van der Waals surface area contributed by atoms with Gasteiger partial charge < -0.3 is 9.73 Å². The molecule has 0 saturated carbocycles. The van der Waals surface area contributed by atoms with Crippen molar-refractivity contribution in [2.75, 3.05) is 6.54 Å². The molecule has 0 aliphatic heterocycles. The summed E-state index contributed by atoms with van der Waals surface area (Å²) in [5.41, 5.74) is 0.752. The SMILES string of the molecule is Cc1ccc(C(C)(C)C[C@@H](C)NCCc2ccccc2F)o1. The van der Waals surface area contributed by atoms with Crippen molar-refractivity contribution in [3.05, 3.63) is 59.3 Å². The van der Waals surface area contributed by atoms with E-state index in [0.717, 1.165) is 30.0 Å². The summed E-state index contributed by atoms with van der Waals surface area (Å²) in [4.78, 5) is 0. The van der Waals surface area contributed by atoms with Gasteiger partial charge in [-0.05, 0) is 57.0 Å². The largest absolute Gasteiger partial charge is 0.466 e. The quantitative estimate of drug-likeness (QED) is 0.807. The lowest BCUT2D eigenvalue weighted by Gasteiger charge is -2.26. The molecule has 0 radical (unpaired) electrons. The van der Waals surface area contributed by atoms with Crippen molar-refractivity contribution in [1.82, 2.24) is 5.32 Å². The molecule has 1 aromatic carbocycles. The second-order valence-corrected chi connectivity index (χ2v) is 6.69. The zero-order valence-electron chi connectivity index (χ0n) is 13.9. The highest BCUT2D eigenvalue weighted by Gasteiger charge is 2.26. The Kier molecular flexibility index (Phi) is 5.41. The van der Waals surface area contributed by atoms with Crippen molar-refractivity contribution in [2.45, 2.75) is 52.0 Å². The normalized spacial score (nSPS) is 13.3. The van der Waals surface area contributed by atoms with E-state index < -0.39 is 0 Å². The van der Waals surface area contributed by atoms with Crippen LogP contribution >= 0.6 is 0 Å². The number of rotatable bonds is 7. The molecule has 0 saturated heterocycles. The van der Waals surface area contributed by atoms with E-state index in [2.05, 4.69) is 32.2 Å². The van der Waals surface area contributed by atoms with Crippen molar-refractivity contribution in [2.24, 2.45) is 0 Å². The van der Waals surface area contributed by atoms with Gasteiger partial charge in [0.1, 0.15) is 17.3 Å². The highest BCUT2D eigenvalue weighted by Crippen LogP contribution is 2.29. The summed E-state index contributed by atoms with van der Waals surface area (Å²) in [6.07, 6.45) is 1.68. The van der Waals surface area contributed by atoms with Gasteiger partial charge in [-0.15, -0.1) is 0 Å². The predicted octanol–water partition coefficient (Wildman–Crippen LogP) is 4.62. The summed E-state index contributed by atoms with van der Waals surface area (Å²) in [6, 6.07) is 11.4. The van der Waals surface area contributed by atoms with Crippen LogP contribution < -0.4 is 5.32 Å². The van der Waals surface area contributed by atoms with Gasteiger partial charge in [0.05, 0.1) is 0 Å². The Morgan fingerprint density at radius 2 is 1.91 bits per heavy atom. The van der Waals surface area contributed by atoms with Crippen LogP contribution in [0.1, 0.15) is 44.3 Å². The zero-order chi connectivity index (χ0) is 16.2. The van der Waals surface area contributed by atoms with Gasteiger partial charge in [0.2, 0.25) is 0 Å². The molecule has 22 heavy (non-hydrogen) atoms. The van der Waals surface area contributed by atoms with Crippen LogP contribution in [0.25, 0.3) is 0 Å². The molecule has 0 aliphatic rings. The molecule has 2 rings (SSSR count). The Bertz CT molecular complexity index is 603. The van der Waals surface area contributed by atoms with E-state index >= 15 is 0 Å². The molecular formula is C19H26FNO. The van der Waals surface area contributed by atoms with Crippen LogP contribution in [0.4, 0.5) is 4.39 Å². The van der Waals surface area contributed by atoms with Crippen LogP contribution in [0.2, 0.25) is 0 Å². The van der Waals surface area contributed by atoms with Crippen molar-refractivity contribution in [3.8, 4) is 0 Å². The summed E-state index contributed by atoms with van der Waals surface area (Å²) in [5, 5.41) is 3.48. The Morgan fingerprint density at radius 1 is 1.18 bits per heavy atom. The lowest BCUT2D eigenvalue weighted by atomic mass is 9.83. The van der Waals surface area contributed by atoms with Gasteiger partial charge in [-0.25, -0.2) is 4.39 Å². The van der Waals surface area contributed by atoms with Gasteiger partial charge in [-0.2, -0.15) is 0 Å². The molecule has 1 atom stereocenters.